The first kappa shape index (κ1) is 17.3. The molecule has 0 atom stereocenters. The zero-order valence-electron chi connectivity index (χ0n) is 13.7. The van der Waals surface area contributed by atoms with Gasteiger partial charge in [-0.2, -0.15) is 0 Å². The van der Waals surface area contributed by atoms with Crippen molar-refractivity contribution >= 4 is 21.6 Å². The Morgan fingerprint density at radius 2 is 2.00 bits per heavy atom. The van der Waals surface area contributed by atoms with Crippen molar-refractivity contribution in [3.05, 3.63) is 54.0 Å². The molecular weight excluding hydrogens is 345 g/mol. The fourth-order valence-corrected chi connectivity index (χ4v) is 3.66. The molecule has 1 saturated heterocycles. The first-order valence-electron chi connectivity index (χ1n) is 7.77. The Morgan fingerprint density at radius 3 is 2.68 bits per heavy atom. The molecule has 3 rings (SSSR count). The molecule has 1 aliphatic rings. The van der Waals surface area contributed by atoms with Crippen LogP contribution in [0.15, 0.2) is 47.5 Å². The van der Waals surface area contributed by atoms with E-state index >= 15 is 0 Å². The maximum absolute atomic E-state index is 13.3. The third kappa shape index (κ3) is 3.96. The molecule has 1 aliphatic heterocycles. The maximum Gasteiger partial charge on any atom is 0.242 e. The number of anilines is 1. The Bertz CT molecular complexity index is 902. The van der Waals surface area contributed by atoms with Gasteiger partial charge in [-0.15, -0.1) is 0 Å². The summed E-state index contributed by atoms with van der Waals surface area (Å²) in [5.41, 5.74) is 0.719. The Morgan fingerprint density at radius 1 is 1.20 bits per heavy atom. The van der Waals surface area contributed by atoms with Gasteiger partial charge in [-0.3, -0.25) is 4.79 Å². The van der Waals surface area contributed by atoms with E-state index in [0.29, 0.717) is 25.5 Å². The van der Waals surface area contributed by atoms with Crippen LogP contribution in [0.25, 0.3) is 0 Å². The van der Waals surface area contributed by atoms with Crippen molar-refractivity contribution in [1.29, 1.82) is 0 Å². The summed E-state index contributed by atoms with van der Waals surface area (Å²) in [5.74, 6) is -0.195. The summed E-state index contributed by atoms with van der Waals surface area (Å²) in [4.78, 5) is 20.0. The van der Waals surface area contributed by atoms with Crippen molar-refractivity contribution in [3.63, 3.8) is 0 Å². The van der Waals surface area contributed by atoms with Gasteiger partial charge in [0.1, 0.15) is 16.5 Å². The summed E-state index contributed by atoms with van der Waals surface area (Å²) in [5, 5.41) is 0. The van der Waals surface area contributed by atoms with Gasteiger partial charge in [-0.25, -0.2) is 17.8 Å². The number of aromatic nitrogens is 1. The van der Waals surface area contributed by atoms with Gasteiger partial charge in [0.2, 0.25) is 5.91 Å². The largest absolute Gasteiger partial charge is 0.344 e. The second kappa shape index (κ2) is 6.79. The van der Waals surface area contributed by atoms with Crippen LogP contribution in [-0.4, -0.2) is 50.1 Å². The molecule has 0 unspecified atom stereocenters. The summed E-state index contributed by atoms with van der Waals surface area (Å²) < 4.78 is 37.1. The van der Waals surface area contributed by atoms with Gasteiger partial charge >= 0.3 is 0 Å². The molecule has 0 radical (unpaired) electrons. The highest BCUT2D eigenvalue weighted by molar-refractivity contribution is 7.90. The predicted molar refractivity (Wildman–Crippen MR) is 91.4 cm³/mol. The first-order valence-corrected chi connectivity index (χ1v) is 9.66. The fourth-order valence-electron chi connectivity index (χ4n) is 2.82. The Labute approximate surface area is 145 Å². The molecule has 0 bridgehead atoms. The Kier molecular flexibility index (Phi) is 4.71. The summed E-state index contributed by atoms with van der Waals surface area (Å²) in [6.07, 6.45) is 2.63. The minimum atomic E-state index is -3.44. The number of piperazine rings is 1. The summed E-state index contributed by atoms with van der Waals surface area (Å²) in [6.45, 7) is 1.23. The number of halogens is 1. The van der Waals surface area contributed by atoms with E-state index in [4.69, 9.17) is 0 Å². The topological polar surface area (TPSA) is 70.6 Å². The number of nitrogens with zero attached hydrogens (tertiary/aromatic N) is 3. The highest BCUT2D eigenvalue weighted by Gasteiger charge is 2.28. The van der Waals surface area contributed by atoms with Crippen LogP contribution in [0.4, 0.5) is 10.2 Å². The van der Waals surface area contributed by atoms with E-state index in [1.165, 1.54) is 24.4 Å². The number of pyridine rings is 1. The lowest BCUT2D eigenvalue weighted by atomic mass is 10.2. The van der Waals surface area contributed by atoms with Gasteiger partial charge in [0.05, 0.1) is 6.54 Å². The predicted octanol–water partition coefficient (Wildman–Crippen LogP) is 1.47. The zero-order chi connectivity index (χ0) is 18.0. The van der Waals surface area contributed by atoms with Crippen LogP contribution in [0.5, 0.6) is 0 Å². The normalized spacial score (nSPS) is 15.5. The molecule has 132 valence electrons. The SMILES string of the molecule is CS(=O)(=O)c1cccnc1N1CCN(Cc2cccc(F)c2)C(=O)C1. The van der Waals surface area contributed by atoms with Crippen LogP contribution in [0, 0.1) is 5.82 Å². The lowest BCUT2D eigenvalue weighted by Crippen LogP contribution is -2.50. The number of benzene rings is 1. The van der Waals surface area contributed by atoms with Crippen LogP contribution < -0.4 is 4.90 Å². The maximum atomic E-state index is 13.3. The van der Waals surface area contributed by atoms with Crippen molar-refractivity contribution in [2.75, 3.05) is 30.8 Å². The lowest BCUT2D eigenvalue weighted by Gasteiger charge is -2.35. The lowest BCUT2D eigenvalue weighted by molar-refractivity contribution is -0.131. The average Bonchev–Trinajstić information content (AvgIpc) is 2.56. The van der Waals surface area contributed by atoms with E-state index in [9.17, 15) is 17.6 Å². The van der Waals surface area contributed by atoms with E-state index < -0.39 is 9.84 Å². The van der Waals surface area contributed by atoms with Crippen LogP contribution >= 0.6 is 0 Å². The highest BCUT2D eigenvalue weighted by atomic mass is 32.2. The monoisotopic (exact) mass is 363 g/mol. The second-order valence-electron chi connectivity index (χ2n) is 5.96. The molecule has 1 fully saturated rings. The van der Waals surface area contributed by atoms with Crippen LogP contribution in [-0.2, 0) is 21.2 Å². The second-order valence-corrected chi connectivity index (χ2v) is 7.95. The molecule has 0 N–H and O–H groups in total. The molecule has 1 aromatic heterocycles. The van der Waals surface area contributed by atoms with E-state index in [1.54, 1.807) is 28.0 Å². The van der Waals surface area contributed by atoms with E-state index in [2.05, 4.69) is 4.98 Å². The number of rotatable bonds is 4. The molecule has 6 nitrogen and oxygen atoms in total. The van der Waals surface area contributed by atoms with Crippen molar-refractivity contribution in [2.45, 2.75) is 11.4 Å². The smallest absolute Gasteiger partial charge is 0.242 e. The van der Waals surface area contributed by atoms with E-state index in [0.717, 1.165) is 11.8 Å². The highest BCUT2D eigenvalue weighted by Crippen LogP contribution is 2.24. The number of sulfone groups is 1. The van der Waals surface area contributed by atoms with Gasteiger partial charge in [0.15, 0.2) is 9.84 Å². The number of carbonyl (C=O) groups excluding carboxylic acids is 1. The van der Waals surface area contributed by atoms with Gasteiger partial charge in [0, 0.05) is 32.1 Å². The molecule has 0 aliphatic carbocycles. The average molecular weight is 363 g/mol. The minimum absolute atomic E-state index is 0.0366. The van der Waals surface area contributed by atoms with Gasteiger partial charge < -0.3 is 9.80 Å². The van der Waals surface area contributed by atoms with Crippen LogP contribution in [0.1, 0.15) is 5.56 Å². The standard InChI is InChI=1S/C17H18FN3O3S/c1-25(23,24)15-6-3-7-19-17(15)21-9-8-20(16(22)12-21)11-13-4-2-5-14(18)10-13/h2-7,10H,8-9,11-12H2,1H3. The van der Waals surface area contributed by atoms with Crippen LogP contribution in [0.2, 0.25) is 0 Å². The van der Waals surface area contributed by atoms with E-state index in [-0.39, 0.29) is 23.2 Å². The molecule has 25 heavy (non-hydrogen) atoms. The molecule has 8 heteroatoms. The number of carbonyl (C=O) groups is 1. The Balaban J connectivity index is 1.76. The molecular formula is C17H18FN3O3S. The number of hydrogen-bond acceptors (Lipinski definition) is 5. The first-order chi connectivity index (χ1) is 11.8. The van der Waals surface area contributed by atoms with Crippen LogP contribution in [0.3, 0.4) is 0 Å². The number of hydrogen-bond donors (Lipinski definition) is 0. The summed E-state index contributed by atoms with van der Waals surface area (Å²) in [6, 6.07) is 9.18. The van der Waals surface area contributed by atoms with Crippen molar-refractivity contribution in [2.24, 2.45) is 0 Å². The van der Waals surface area contributed by atoms with Gasteiger partial charge in [-0.1, -0.05) is 12.1 Å². The third-order valence-electron chi connectivity index (χ3n) is 4.03. The molecule has 1 amide bonds. The third-order valence-corrected chi connectivity index (χ3v) is 5.15. The molecule has 0 saturated carbocycles. The molecule has 2 heterocycles. The molecule has 1 aromatic carbocycles. The summed E-state index contributed by atoms with van der Waals surface area (Å²) in [7, 11) is -3.44. The van der Waals surface area contributed by atoms with Gasteiger partial charge in [-0.05, 0) is 29.8 Å². The fraction of sp³-hybridized carbons (Fsp3) is 0.294. The minimum Gasteiger partial charge on any atom is -0.344 e. The molecule has 2 aromatic rings. The zero-order valence-corrected chi connectivity index (χ0v) is 14.5. The van der Waals surface area contributed by atoms with Crippen molar-refractivity contribution in [1.82, 2.24) is 9.88 Å². The number of amides is 1. The Hall–Kier alpha value is -2.48. The summed E-state index contributed by atoms with van der Waals surface area (Å²) >= 11 is 0. The molecule has 0 spiro atoms. The van der Waals surface area contributed by atoms with E-state index in [1.807, 2.05) is 0 Å². The quantitative estimate of drug-likeness (QED) is 0.823. The van der Waals surface area contributed by atoms with Crippen molar-refractivity contribution < 1.29 is 17.6 Å². The van der Waals surface area contributed by atoms with Gasteiger partial charge in [0.25, 0.3) is 0 Å². The van der Waals surface area contributed by atoms with Crippen molar-refractivity contribution in [3.8, 4) is 0 Å².